The zero-order chi connectivity index (χ0) is 12.1. The van der Waals surface area contributed by atoms with Crippen LogP contribution in [0.2, 0.25) is 0 Å². The van der Waals surface area contributed by atoms with E-state index in [0.29, 0.717) is 6.04 Å². The van der Waals surface area contributed by atoms with Gasteiger partial charge in [-0.05, 0) is 43.5 Å². The van der Waals surface area contributed by atoms with Crippen LogP contribution in [0, 0.1) is 0 Å². The summed E-state index contributed by atoms with van der Waals surface area (Å²) in [6.07, 6.45) is 5.37. The van der Waals surface area contributed by atoms with Gasteiger partial charge in [-0.25, -0.2) is 4.98 Å². The Morgan fingerprint density at radius 3 is 3.00 bits per heavy atom. The third-order valence-electron chi connectivity index (χ3n) is 2.93. The molecule has 2 N–H and O–H groups in total. The minimum atomic E-state index is 0.594. The lowest BCUT2D eigenvalue weighted by molar-refractivity contribution is 0.557. The average Bonchev–Trinajstić information content (AvgIpc) is 2.75. The van der Waals surface area contributed by atoms with E-state index in [2.05, 4.69) is 47.3 Å². The van der Waals surface area contributed by atoms with Gasteiger partial charge < -0.3 is 10.3 Å². The number of hydrogen-bond donors (Lipinski definition) is 2. The largest absolute Gasteiger partial charge is 0.345 e. The highest BCUT2D eigenvalue weighted by Crippen LogP contribution is 2.13. The Bertz CT molecular complexity index is 459. The normalized spacial score (nSPS) is 11.5. The molecule has 0 unspecified atom stereocenters. The SMILES string of the molecule is CC(C)NCCCCc1ccc2nc[nH]c2c1. The first-order chi connectivity index (χ1) is 8.25. The van der Waals surface area contributed by atoms with Gasteiger partial charge in [0.2, 0.25) is 0 Å². The number of nitrogens with zero attached hydrogens (tertiary/aromatic N) is 1. The molecule has 0 aliphatic carbocycles. The van der Waals surface area contributed by atoms with E-state index in [-0.39, 0.29) is 0 Å². The van der Waals surface area contributed by atoms with Gasteiger partial charge in [0.15, 0.2) is 0 Å². The third-order valence-corrected chi connectivity index (χ3v) is 2.93. The molecule has 0 atom stereocenters. The lowest BCUT2D eigenvalue weighted by Crippen LogP contribution is -2.23. The lowest BCUT2D eigenvalue weighted by Gasteiger charge is -2.07. The van der Waals surface area contributed by atoms with Gasteiger partial charge in [-0.3, -0.25) is 0 Å². The highest BCUT2D eigenvalue weighted by Gasteiger charge is 1.99. The maximum absolute atomic E-state index is 4.22. The number of rotatable bonds is 6. The van der Waals surface area contributed by atoms with Gasteiger partial charge in [0.05, 0.1) is 17.4 Å². The second-order valence-corrected chi connectivity index (χ2v) is 4.82. The molecular weight excluding hydrogens is 210 g/mol. The van der Waals surface area contributed by atoms with Crippen LogP contribution in [0.5, 0.6) is 0 Å². The maximum atomic E-state index is 4.22. The van der Waals surface area contributed by atoms with E-state index < -0.39 is 0 Å². The van der Waals surface area contributed by atoms with Crippen molar-refractivity contribution in [2.24, 2.45) is 0 Å². The van der Waals surface area contributed by atoms with Crippen molar-refractivity contribution >= 4 is 11.0 Å². The van der Waals surface area contributed by atoms with Crippen LogP contribution in [0.25, 0.3) is 11.0 Å². The van der Waals surface area contributed by atoms with Crippen LogP contribution >= 0.6 is 0 Å². The molecule has 0 spiro atoms. The first-order valence-electron chi connectivity index (χ1n) is 6.41. The standard InChI is InChI=1S/C14H21N3/c1-11(2)15-8-4-3-5-12-6-7-13-14(9-12)17-10-16-13/h6-7,9-11,15H,3-5,8H2,1-2H3,(H,16,17). The van der Waals surface area contributed by atoms with Crippen molar-refractivity contribution in [3.63, 3.8) is 0 Å². The Morgan fingerprint density at radius 1 is 1.29 bits per heavy atom. The Morgan fingerprint density at radius 2 is 2.18 bits per heavy atom. The fourth-order valence-electron chi connectivity index (χ4n) is 1.98. The van der Waals surface area contributed by atoms with Gasteiger partial charge in [0, 0.05) is 6.04 Å². The van der Waals surface area contributed by atoms with Crippen LogP contribution in [0.3, 0.4) is 0 Å². The smallest absolute Gasteiger partial charge is 0.0931 e. The molecule has 0 aliphatic heterocycles. The Kier molecular flexibility index (Phi) is 4.15. The molecule has 0 aliphatic rings. The van der Waals surface area contributed by atoms with Crippen LogP contribution in [0.15, 0.2) is 24.5 Å². The lowest BCUT2D eigenvalue weighted by atomic mass is 10.1. The summed E-state index contributed by atoms with van der Waals surface area (Å²) in [7, 11) is 0. The van der Waals surface area contributed by atoms with Gasteiger partial charge >= 0.3 is 0 Å². The van der Waals surface area contributed by atoms with Crippen molar-refractivity contribution in [1.29, 1.82) is 0 Å². The van der Waals surface area contributed by atoms with Crippen LogP contribution in [-0.4, -0.2) is 22.6 Å². The average molecular weight is 231 g/mol. The van der Waals surface area contributed by atoms with E-state index in [4.69, 9.17) is 0 Å². The highest BCUT2D eigenvalue weighted by atomic mass is 14.9. The number of aryl methyl sites for hydroxylation is 1. The van der Waals surface area contributed by atoms with Crippen LogP contribution in [-0.2, 0) is 6.42 Å². The van der Waals surface area contributed by atoms with Gasteiger partial charge in [-0.1, -0.05) is 19.9 Å². The number of unbranched alkanes of at least 4 members (excludes halogenated alkanes) is 1. The predicted molar refractivity (Wildman–Crippen MR) is 72.2 cm³/mol. The van der Waals surface area contributed by atoms with Crippen LogP contribution in [0.4, 0.5) is 0 Å². The minimum Gasteiger partial charge on any atom is -0.345 e. The van der Waals surface area contributed by atoms with Gasteiger partial charge in [-0.2, -0.15) is 0 Å². The molecule has 0 amide bonds. The number of benzene rings is 1. The van der Waals surface area contributed by atoms with Crippen molar-refractivity contribution < 1.29 is 0 Å². The van der Waals surface area contributed by atoms with E-state index in [1.54, 1.807) is 6.33 Å². The first kappa shape index (κ1) is 12.1. The predicted octanol–water partition coefficient (Wildman–Crippen LogP) is 2.88. The summed E-state index contributed by atoms with van der Waals surface area (Å²) in [6.45, 7) is 5.49. The molecule has 0 saturated carbocycles. The molecule has 2 rings (SSSR count). The van der Waals surface area contributed by atoms with E-state index in [1.807, 2.05) is 0 Å². The number of nitrogens with one attached hydrogen (secondary N) is 2. The minimum absolute atomic E-state index is 0.594. The summed E-state index contributed by atoms with van der Waals surface area (Å²) in [5.41, 5.74) is 3.59. The fraction of sp³-hybridized carbons (Fsp3) is 0.500. The fourth-order valence-corrected chi connectivity index (χ4v) is 1.98. The molecule has 1 heterocycles. The summed E-state index contributed by atoms with van der Waals surface area (Å²) in [5.74, 6) is 0. The summed E-state index contributed by atoms with van der Waals surface area (Å²) in [6, 6.07) is 7.07. The number of fused-ring (bicyclic) bond motifs is 1. The Hall–Kier alpha value is -1.35. The molecule has 3 heteroatoms. The zero-order valence-electron chi connectivity index (χ0n) is 10.7. The summed E-state index contributed by atoms with van der Waals surface area (Å²) >= 11 is 0. The number of imidazole rings is 1. The van der Waals surface area contributed by atoms with E-state index in [1.165, 1.54) is 18.4 Å². The van der Waals surface area contributed by atoms with Crippen LogP contribution < -0.4 is 5.32 Å². The molecule has 0 saturated heterocycles. The maximum Gasteiger partial charge on any atom is 0.0931 e. The van der Waals surface area contributed by atoms with Gasteiger partial charge in [0.25, 0.3) is 0 Å². The molecule has 0 bridgehead atoms. The van der Waals surface area contributed by atoms with Crippen molar-refractivity contribution in [2.75, 3.05) is 6.54 Å². The quantitative estimate of drug-likeness (QED) is 0.750. The summed E-state index contributed by atoms with van der Waals surface area (Å²) < 4.78 is 0. The molecule has 0 fully saturated rings. The molecule has 2 aromatic rings. The Labute approximate surface area is 103 Å². The molecule has 92 valence electrons. The van der Waals surface area contributed by atoms with Gasteiger partial charge in [-0.15, -0.1) is 0 Å². The van der Waals surface area contributed by atoms with Crippen molar-refractivity contribution in [3.8, 4) is 0 Å². The molecule has 1 aromatic heterocycles. The van der Waals surface area contributed by atoms with E-state index in [9.17, 15) is 0 Å². The highest BCUT2D eigenvalue weighted by molar-refractivity contribution is 5.74. The number of aromatic amines is 1. The summed E-state index contributed by atoms with van der Waals surface area (Å²) in [5, 5.41) is 3.44. The molecule has 0 radical (unpaired) electrons. The van der Waals surface area contributed by atoms with Gasteiger partial charge in [0.1, 0.15) is 0 Å². The molecule has 1 aromatic carbocycles. The number of H-pyrrole nitrogens is 1. The number of hydrogen-bond acceptors (Lipinski definition) is 2. The van der Waals surface area contributed by atoms with E-state index in [0.717, 1.165) is 24.0 Å². The third kappa shape index (κ3) is 3.56. The second kappa shape index (κ2) is 5.82. The summed E-state index contributed by atoms with van der Waals surface area (Å²) in [4.78, 5) is 7.38. The zero-order valence-corrected chi connectivity index (χ0v) is 10.7. The second-order valence-electron chi connectivity index (χ2n) is 4.82. The van der Waals surface area contributed by atoms with Crippen molar-refractivity contribution in [1.82, 2.24) is 15.3 Å². The number of aromatic nitrogens is 2. The van der Waals surface area contributed by atoms with Crippen LogP contribution in [0.1, 0.15) is 32.3 Å². The molecular formula is C14H21N3. The topological polar surface area (TPSA) is 40.7 Å². The van der Waals surface area contributed by atoms with Crippen molar-refractivity contribution in [2.45, 2.75) is 39.2 Å². The monoisotopic (exact) mass is 231 g/mol. The van der Waals surface area contributed by atoms with E-state index >= 15 is 0 Å². The van der Waals surface area contributed by atoms with Crippen molar-refractivity contribution in [3.05, 3.63) is 30.1 Å². The molecule has 3 nitrogen and oxygen atoms in total. The Balaban J connectivity index is 1.78. The molecule has 17 heavy (non-hydrogen) atoms. The first-order valence-corrected chi connectivity index (χ1v) is 6.41.